The highest BCUT2D eigenvalue weighted by Gasteiger charge is 2.16. The largest absolute Gasteiger partial charge is 0.462 e. The highest BCUT2D eigenvalue weighted by Crippen LogP contribution is 2.32. The van der Waals surface area contributed by atoms with Crippen LogP contribution in [-0.4, -0.2) is 25.3 Å². The third kappa shape index (κ3) is 3.48. The minimum atomic E-state index is -0.406. The fourth-order valence-electron chi connectivity index (χ4n) is 2.24. The van der Waals surface area contributed by atoms with E-state index in [4.69, 9.17) is 14.2 Å². The van der Waals surface area contributed by atoms with Crippen LogP contribution in [0.1, 0.15) is 34.1 Å². The summed E-state index contributed by atoms with van der Waals surface area (Å²) in [5.41, 5.74) is 1.36. The number of carbonyl (C=O) groups is 2. The number of hydrogen-bond acceptors (Lipinski definition) is 5. The molecule has 1 N–H and O–H groups in total. The van der Waals surface area contributed by atoms with E-state index in [1.807, 2.05) is 6.92 Å². The molecule has 0 spiro atoms. The van der Waals surface area contributed by atoms with E-state index in [9.17, 15) is 9.59 Å². The molecule has 2 aromatic carbocycles. The van der Waals surface area contributed by atoms with Crippen molar-refractivity contribution in [3.63, 3.8) is 0 Å². The second-order valence-electron chi connectivity index (χ2n) is 5.24. The van der Waals surface area contributed by atoms with Crippen molar-refractivity contribution in [1.82, 2.24) is 0 Å². The fourth-order valence-corrected chi connectivity index (χ4v) is 2.24. The van der Waals surface area contributed by atoms with Crippen LogP contribution in [0.4, 0.5) is 5.69 Å². The average Bonchev–Trinajstić information content (AvgIpc) is 3.07. The van der Waals surface area contributed by atoms with Crippen LogP contribution in [0.5, 0.6) is 11.5 Å². The van der Waals surface area contributed by atoms with Crippen LogP contribution in [0.15, 0.2) is 42.5 Å². The van der Waals surface area contributed by atoms with Crippen molar-refractivity contribution in [2.75, 3.05) is 18.7 Å². The molecule has 1 aliphatic heterocycles. The molecule has 0 radical (unpaired) electrons. The zero-order chi connectivity index (χ0) is 16.9. The first-order valence-electron chi connectivity index (χ1n) is 7.65. The van der Waals surface area contributed by atoms with Gasteiger partial charge in [0, 0.05) is 11.3 Å². The van der Waals surface area contributed by atoms with Gasteiger partial charge in [0.1, 0.15) is 0 Å². The van der Waals surface area contributed by atoms with Gasteiger partial charge in [-0.05, 0) is 42.8 Å². The summed E-state index contributed by atoms with van der Waals surface area (Å²) >= 11 is 0. The molecule has 0 bridgehead atoms. The molecule has 0 unspecified atom stereocenters. The van der Waals surface area contributed by atoms with E-state index in [0.717, 1.165) is 6.42 Å². The van der Waals surface area contributed by atoms with Gasteiger partial charge in [0.2, 0.25) is 6.79 Å². The first-order chi connectivity index (χ1) is 11.7. The van der Waals surface area contributed by atoms with Crippen molar-refractivity contribution >= 4 is 17.6 Å². The number of carbonyl (C=O) groups excluding carboxylic acids is 2. The maximum Gasteiger partial charge on any atom is 0.338 e. The third-order valence-electron chi connectivity index (χ3n) is 3.43. The van der Waals surface area contributed by atoms with E-state index < -0.39 is 5.97 Å². The first kappa shape index (κ1) is 15.9. The van der Waals surface area contributed by atoms with Crippen molar-refractivity contribution in [3.05, 3.63) is 53.6 Å². The molecule has 0 saturated carbocycles. The van der Waals surface area contributed by atoms with Crippen LogP contribution in [0.3, 0.4) is 0 Å². The smallest absolute Gasteiger partial charge is 0.338 e. The van der Waals surface area contributed by atoms with Gasteiger partial charge >= 0.3 is 5.97 Å². The maximum atomic E-state index is 12.3. The van der Waals surface area contributed by atoms with Crippen LogP contribution in [0.25, 0.3) is 0 Å². The second-order valence-corrected chi connectivity index (χ2v) is 5.24. The number of anilines is 1. The molecular formula is C18H17NO5. The average molecular weight is 327 g/mol. The van der Waals surface area contributed by atoms with E-state index in [1.165, 1.54) is 0 Å². The number of rotatable bonds is 5. The lowest BCUT2D eigenvalue weighted by atomic mass is 10.1. The van der Waals surface area contributed by atoms with Crippen LogP contribution in [-0.2, 0) is 4.74 Å². The van der Waals surface area contributed by atoms with Crippen LogP contribution in [0, 0.1) is 0 Å². The third-order valence-corrected chi connectivity index (χ3v) is 3.43. The van der Waals surface area contributed by atoms with E-state index >= 15 is 0 Å². The number of benzene rings is 2. The van der Waals surface area contributed by atoms with Crippen LogP contribution in [0.2, 0.25) is 0 Å². The Balaban J connectivity index is 1.71. The van der Waals surface area contributed by atoms with Crippen molar-refractivity contribution < 1.29 is 23.8 Å². The lowest BCUT2D eigenvalue weighted by Crippen LogP contribution is -2.13. The molecule has 124 valence electrons. The summed E-state index contributed by atoms with van der Waals surface area (Å²) in [7, 11) is 0. The lowest BCUT2D eigenvalue weighted by molar-refractivity contribution is 0.0505. The Morgan fingerprint density at radius 1 is 1.08 bits per heavy atom. The Morgan fingerprint density at radius 2 is 1.92 bits per heavy atom. The number of esters is 1. The first-order valence-corrected chi connectivity index (χ1v) is 7.65. The SMILES string of the molecule is CCCOC(=O)c1cccc(NC(=O)c2ccc3c(c2)OCO3)c1. The van der Waals surface area contributed by atoms with Gasteiger partial charge in [-0.2, -0.15) is 0 Å². The summed E-state index contributed by atoms with van der Waals surface area (Å²) in [6.07, 6.45) is 0.756. The van der Waals surface area contributed by atoms with E-state index in [0.29, 0.717) is 34.9 Å². The molecule has 2 aromatic rings. The minimum Gasteiger partial charge on any atom is -0.462 e. The van der Waals surface area contributed by atoms with Crippen molar-refractivity contribution in [2.45, 2.75) is 13.3 Å². The van der Waals surface area contributed by atoms with Gasteiger partial charge in [-0.25, -0.2) is 4.79 Å². The quantitative estimate of drug-likeness (QED) is 0.854. The summed E-state index contributed by atoms with van der Waals surface area (Å²) in [5, 5.41) is 2.76. The molecule has 0 atom stereocenters. The van der Waals surface area contributed by atoms with Gasteiger partial charge in [-0.1, -0.05) is 13.0 Å². The number of ether oxygens (including phenoxy) is 3. The molecule has 1 amide bonds. The number of hydrogen-bond donors (Lipinski definition) is 1. The molecule has 1 heterocycles. The maximum absolute atomic E-state index is 12.3. The summed E-state index contributed by atoms with van der Waals surface area (Å²) in [5.74, 6) is 0.454. The zero-order valence-electron chi connectivity index (χ0n) is 13.2. The number of nitrogens with one attached hydrogen (secondary N) is 1. The fraction of sp³-hybridized carbons (Fsp3) is 0.222. The van der Waals surface area contributed by atoms with Crippen molar-refractivity contribution in [2.24, 2.45) is 0 Å². The van der Waals surface area contributed by atoms with Gasteiger partial charge < -0.3 is 19.5 Å². The summed E-state index contributed by atoms with van der Waals surface area (Å²) < 4.78 is 15.6. The molecule has 6 heteroatoms. The van der Waals surface area contributed by atoms with Crippen molar-refractivity contribution in [3.8, 4) is 11.5 Å². The monoisotopic (exact) mass is 327 g/mol. The standard InChI is InChI=1S/C18H17NO5/c1-2-8-22-18(21)13-4-3-5-14(9-13)19-17(20)12-6-7-15-16(10-12)24-11-23-15/h3-7,9-10H,2,8,11H2,1H3,(H,19,20). The Morgan fingerprint density at radius 3 is 2.75 bits per heavy atom. The lowest BCUT2D eigenvalue weighted by Gasteiger charge is -2.08. The highest BCUT2D eigenvalue weighted by molar-refractivity contribution is 6.05. The molecule has 0 saturated heterocycles. The summed E-state index contributed by atoms with van der Waals surface area (Å²) in [6.45, 7) is 2.45. The predicted octanol–water partition coefficient (Wildman–Crippen LogP) is 3.23. The highest BCUT2D eigenvalue weighted by atomic mass is 16.7. The van der Waals surface area contributed by atoms with Crippen LogP contribution < -0.4 is 14.8 Å². The van der Waals surface area contributed by atoms with Gasteiger partial charge in [-0.3, -0.25) is 4.79 Å². The molecule has 24 heavy (non-hydrogen) atoms. The Bertz CT molecular complexity index is 772. The number of fused-ring (bicyclic) bond motifs is 1. The topological polar surface area (TPSA) is 73.9 Å². The van der Waals surface area contributed by atoms with E-state index in [1.54, 1.807) is 42.5 Å². The molecular weight excluding hydrogens is 310 g/mol. The van der Waals surface area contributed by atoms with E-state index in [2.05, 4.69) is 5.32 Å². The Kier molecular flexibility index (Phi) is 4.65. The minimum absolute atomic E-state index is 0.155. The second kappa shape index (κ2) is 7.04. The van der Waals surface area contributed by atoms with Gasteiger partial charge in [-0.15, -0.1) is 0 Å². The van der Waals surface area contributed by atoms with Gasteiger partial charge in [0.15, 0.2) is 11.5 Å². The molecule has 0 fully saturated rings. The van der Waals surface area contributed by atoms with Crippen LogP contribution >= 0.6 is 0 Å². The van der Waals surface area contributed by atoms with Crippen molar-refractivity contribution in [1.29, 1.82) is 0 Å². The summed E-state index contributed by atoms with van der Waals surface area (Å²) in [4.78, 5) is 24.2. The van der Waals surface area contributed by atoms with E-state index in [-0.39, 0.29) is 12.7 Å². The number of amides is 1. The Hall–Kier alpha value is -3.02. The molecule has 0 aromatic heterocycles. The molecule has 3 rings (SSSR count). The van der Waals surface area contributed by atoms with Gasteiger partial charge in [0.25, 0.3) is 5.91 Å². The molecule has 6 nitrogen and oxygen atoms in total. The molecule has 0 aliphatic carbocycles. The summed E-state index contributed by atoms with van der Waals surface area (Å²) in [6, 6.07) is 11.6. The predicted molar refractivity (Wildman–Crippen MR) is 87.5 cm³/mol. The normalized spacial score (nSPS) is 11.9. The zero-order valence-corrected chi connectivity index (χ0v) is 13.2. The molecule has 1 aliphatic rings. The Labute approximate surface area is 139 Å². The van der Waals surface area contributed by atoms with Gasteiger partial charge in [0.05, 0.1) is 12.2 Å².